The van der Waals surface area contributed by atoms with E-state index in [4.69, 9.17) is 0 Å². The molecule has 0 aliphatic carbocycles. The molecule has 0 aliphatic rings. The van der Waals surface area contributed by atoms with E-state index >= 15 is 0 Å². The number of pyridine rings is 1. The fourth-order valence-electron chi connectivity index (χ4n) is 2.07. The van der Waals surface area contributed by atoms with E-state index in [0.717, 1.165) is 44.1 Å². The van der Waals surface area contributed by atoms with Gasteiger partial charge in [-0.2, -0.15) is 0 Å². The number of rotatable bonds is 9. The summed E-state index contributed by atoms with van der Waals surface area (Å²) in [5.41, 5.74) is 2.31. The quantitative estimate of drug-likeness (QED) is 0.741. The molecule has 4 nitrogen and oxygen atoms in total. The molecule has 1 heterocycles. The minimum Gasteiger partial charge on any atom is -0.385 e. The third-order valence-corrected chi connectivity index (χ3v) is 3.11. The molecular weight excluding hydrogens is 236 g/mol. The van der Waals surface area contributed by atoms with Crippen LogP contribution in [0.4, 0.5) is 5.69 Å². The molecule has 0 amide bonds. The predicted molar refractivity (Wildman–Crippen MR) is 82.5 cm³/mol. The van der Waals surface area contributed by atoms with E-state index < -0.39 is 0 Å². The summed E-state index contributed by atoms with van der Waals surface area (Å²) in [6.45, 7) is 9.54. The molecule has 0 bridgehead atoms. The normalized spacial score (nSPS) is 11.3. The zero-order valence-corrected chi connectivity index (χ0v) is 12.8. The van der Waals surface area contributed by atoms with Gasteiger partial charge in [-0.25, -0.2) is 0 Å². The maximum Gasteiger partial charge on any atom is 0.0564 e. The second-order valence-corrected chi connectivity index (χ2v) is 5.09. The Morgan fingerprint density at radius 1 is 1.21 bits per heavy atom. The second kappa shape index (κ2) is 8.88. The van der Waals surface area contributed by atoms with E-state index in [1.54, 1.807) is 0 Å². The molecule has 1 aromatic rings. The Morgan fingerprint density at radius 3 is 2.63 bits per heavy atom. The first-order valence-corrected chi connectivity index (χ1v) is 7.21. The van der Waals surface area contributed by atoms with Crippen molar-refractivity contribution in [3.8, 4) is 0 Å². The fourth-order valence-corrected chi connectivity index (χ4v) is 2.07. The summed E-state index contributed by atoms with van der Waals surface area (Å²) in [4.78, 5) is 9.14. The number of hydrogen-bond acceptors (Lipinski definition) is 4. The van der Waals surface area contributed by atoms with Crippen LogP contribution in [0.2, 0.25) is 0 Å². The molecule has 0 atom stereocenters. The average molecular weight is 264 g/mol. The Hall–Kier alpha value is -1.13. The summed E-state index contributed by atoms with van der Waals surface area (Å²) in [6.07, 6.45) is 3.09. The van der Waals surface area contributed by atoms with Gasteiger partial charge in [-0.05, 0) is 59.2 Å². The van der Waals surface area contributed by atoms with Crippen molar-refractivity contribution in [3.05, 3.63) is 24.0 Å². The lowest BCUT2D eigenvalue weighted by atomic mass is 10.2. The highest BCUT2D eigenvalue weighted by Crippen LogP contribution is 2.10. The highest BCUT2D eigenvalue weighted by atomic mass is 15.1. The van der Waals surface area contributed by atoms with Crippen LogP contribution in [0.1, 0.15) is 26.0 Å². The molecule has 19 heavy (non-hydrogen) atoms. The first kappa shape index (κ1) is 15.9. The van der Waals surface area contributed by atoms with Crippen molar-refractivity contribution >= 4 is 5.69 Å². The molecule has 0 unspecified atom stereocenters. The van der Waals surface area contributed by atoms with Crippen molar-refractivity contribution in [3.63, 3.8) is 0 Å². The summed E-state index contributed by atoms with van der Waals surface area (Å²) in [5.74, 6) is 0. The lowest BCUT2D eigenvalue weighted by Gasteiger charge is -2.21. The summed E-state index contributed by atoms with van der Waals surface area (Å²) < 4.78 is 0. The van der Waals surface area contributed by atoms with Gasteiger partial charge in [0.1, 0.15) is 0 Å². The van der Waals surface area contributed by atoms with Gasteiger partial charge in [-0.1, -0.05) is 6.92 Å². The Morgan fingerprint density at radius 2 is 2.00 bits per heavy atom. The molecule has 4 heteroatoms. The SMILES string of the molecule is CCNc1ccnc(CN(CC)CCCN(C)C)c1. The molecule has 0 radical (unpaired) electrons. The molecule has 0 spiro atoms. The monoisotopic (exact) mass is 264 g/mol. The van der Waals surface area contributed by atoms with Crippen LogP contribution in [0.15, 0.2) is 18.3 Å². The van der Waals surface area contributed by atoms with Gasteiger partial charge in [0, 0.05) is 25.0 Å². The van der Waals surface area contributed by atoms with Gasteiger partial charge >= 0.3 is 0 Å². The molecule has 0 saturated carbocycles. The molecular formula is C15H28N4. The van der Waals surface area contributed by atoms with Crippen molar-refractivity contribution in [1.29, 1.82) is 0 Å². The van der Waals surface area contributed by atoms with E-state index in [1.807, 2.05) is 12.3 Å². The fraction of sp³-hybridized carbons (Fsp3) is 0.667. The van der Waals surface area contributed by atoms with Crippen molar-refractivity contribution in [2.75, 3.05) is 45.6 Å². The smallest absolute Gasteiger partial charge is 0.0564 e. The standard InChI is InChI=1S/C15H28N4/c1-5-16-14-8-9-17-15(12-14)13-19(6-2)11-7-10-18(3)4/h8-9,12H,5-7,10-11,13H2,1-4H3,(H,16,17). The lowest BCUT2D eigenvalue weighted by molar-refractivity contribution is 0.256. The Bertz CT molecular complexity index is 352. The van der Waals surface area contributed by atoms with Crippen LogP contribution >= 0.6 is 0 Å². The van der Waals surface area contributed by atoms with Crippen LogP contribution in [0.25, 0.3) is 0 Å². The molecule has 0 aromatic carbocycles. The maximum atomic E-state index is 4.46. The number of hydrogen-bond donors (Lipinski definition) is 1. The topological polar surface area (TPSA) is 31.4 Å². The van der Waals surface area contributed by atoms with Crippen molar-refractivity contribution in [2.45, 2.75) is 26.8 Å². The van der Waals surface area contributed by atoms with E-state index in [-0.39, 0.29) is 0 Å². The van der Waals surface area contributed by atoms with E-state index in [0.29, 0.717) is 0 Å². The summed E-state index contributed by atoms with van der Waals surface area (Å²) >= 11 is 0. The van der Waals surface area contributed by atoms with Crippen LogP contribution < -0.4 is 5.32 Å². The molecule has 1 aromatic heterocycles. The molecule has 1 rings (SSSR count). The van der Waals surface area contributed by atoms with Crippen LogP contribution in [-0.2, 0) is 6.54 Å². The Balaban J connectivity index is 2.47. The van der Waals surface area contributed by atoms with Crippen LogP contribution in [0.5, 0.6) is 0 Å². The van der Waals surface area contributed by atoms with Gasteiger partial charge in [0.2, 0.25) is 0 Å². The Kier molecular flexibility index (Phi) is 7.45. The van der Waals surface area contributed by atoms with Crippen molar-refractivity contribution in [2.24, 2.45) is 0 Å². The summed E-state index contributed by atoms with van der Waals surface area (Å²) in [7, 11) is 4.25. The van der Waals surface area contributed by atoms with Gasteiger partial charge in [0.25, 0.3) is 0 Å². The zero-order chi connectivity index (χ0) is 14.1. The van der Waals surface area contributed by atoms with Gasteiger partial charge in [0.05, 0.1) is 5.69 Å². The average Bonchev–Trinajstić information content (AvgIpc) is 2.38. The predicted octanol–water partition coefficient (Wildman–Crippen LogP) is 2.29. The minimum atomic E-state index is 0.934. The maximum absolute atomic E-state index is 4.46. The molecule has 0 fully saturated rings. The largest absolute Gasteiger partial charge is 0.385 e. The molecule has 108 valence electrons. The molecule has 0 aliphatic heterocycles. The van der Waals surface area contributed by atoms with E-state index in [9.17, 15) is 0 Å². The van der Waals surface area contributed by atoms with Crippen molar-refractivity contribution in [1.82, 2.24) is 14.8 Å². The second-order valence-electron chi connectivity index (χ2n) is 5.09. The lowest BCUT2D eigenvalue weighted by Crippen LogP contribution is -2.27. The van der Waals surface area contributed by atoms with Gasteiger partial charge in [-0.3, -0.25) is 9.88 Å². The first-order chi connectivity index (χ1) is 9.15. The van der Waals surface area contributed by atoms with Crippen molar-refractivity contribution < 1.29 is 0 Å². The summed E-state index contributed by atoms with van der Waals surface area (Å²) in [5, 5.41) is 3.33. The van der Waals surface area contributed by atoms with Crippen LogP contribution in [0.3, 0.4) is 0 Å². The minimum absolute atomic E-state index is 0.934. The number of nitrogens with zero attached hydrogens (tertiary/aromatic N) is 3. The van der Waals surface area contributed by atoms with Gasteiger partial charge in [-0.15, -0.1) is 0 Å². The van der Waals surface area contributed by atoms with E-state index in [1.165, 1.54) is 6.42 Å². The third-order valence-electron chi connectivity index (χ3n) is 3.11. The zero-order valence-electron chi connectivity index (χ0n) is 12.8. The molecule has 0 saturated heterocycles. The first-order valence-electron chi connectivity index (χ1n) is 7.21. The van der Waals surface area contributed by atoms with Crippen LogP contribution in [-0.4, -0.2) is 55.1 Å². The van der Waals surface area contributed by atoms with Gasteiger partial charge in [0.15, 0.2) is 0 Å². The molecule has 1 N–H and O–H groups in total. The highest BCUT2D eigenvalue weighted by Gasteiger charge is 2.05. The highest BCUT2D eigenvalue weighted by molar-refractivity contribution is 5.42. The van der Waals surface area contributed by atoms with Gasteiger partial charge < -0.3 is 10.2 Å². The third kappa shape index (κ3) is 6.55. The number of aromatic nitrogens is 1. The summed E-state index contributed by atoms with van der Waals surface area (Å²) in [6, 6.07) is 4.17. The number of nitrogens with one attached hydrogen (secondary N) is 1. The van der Waals surface area contributed by atoms with Crippen LogP contribution in [0, 0.1) is 0 Å². The number of anilines is 1. The Labute approximate surface area is 117 Å². The van der Waals surface area contributed by atoms with E-state index in [2.05, 4.69) is 54.1 Å².